The second-order valence-electron chi connectivity index (χ2n) is 6.12. The highest BCUT2D eigenvalue weighted by molar-refractivity contribution is 6.76. The van der Waals surface area contributed by atoms with Gasteiger partial charge in [-0.3, -0.25) is 0 Å². The predicted molar refractivity (Wildman–Crippen MR) is 86.0 cm³/mol. The van der Waals surface area contributed by atoms with Gasteiger partial charge in [-0.05, 0) is 29.8 Å². The van der Waals surface area contributed by atoms with Crippen molar-refractivity contribution in [2.45, 2.75) is 26.2 Å². The molecule has 2 rings (SSSR count). The molecule has 0 bridgehead atoms. The topological polar surface area (TPSA) is 18.5 Å². The number of hydrogen-bond donors (Lipinski definition) is 0. The summed E-state index contributed by atoms with van der Waals surface area (Å²) < 4.78 is 11.6. The SMILES string of the molecule is C[Si](C)(C)COCc1cccc(Oc2ccccc2)c1. The average molecular weight is 286 g/mol. The Balaban J connectivity index is 1.94. The molecule has 2 aromatic carbocycles. The van der Waals surface area contributed by atoms with Crippen molar-refractivity contribution in [3.63, 3.8) is 0 Å². The van der Waals surface area contributed by atoms with Crippen LogP contribution in [0.15, 0.2) is 54.6 Å². The molecule has 0 heterocycles. The fourth-order valence-corrected chi connectivity index (χ4v) is 2.51. The van der Waals surface area contributed by atoms with Gasteiger partial charge in [0.15, 0.2) is 0 Å². The van der Waals surface area contributed by atoms with Crippen LogP contribution in [-0.4, -0.2) is 14.3 Å². The molecule has 0 aliphatic rings. The number of para-hydroxylation sites is 1. The smallest absolute Gasteiger partial charge is 0.127 e. The van der Waals surface area contributed by atoms with Gasteiger partial charge in [-0.25, -0.2) is 0 Å². The van der Waals surface area contributed by atoms with E-state index in [1.165, 1.54) is 0 Å². The summed E-state index contributed by atoms with van der Waals surface area (Å²) in [5.74, 6) is 1.71. The average Bonchev–Trinajstić information content (AvgIpc) is 2.39. The minimum absolute atomic E-state index is 0.649. The van der Waals surface area contributed by atoms with Gasteiger partial charge in [-0.2, -0.15) is 0 Å². The normalized spacial score (nSPS) is 11.3. The molecule has 2 aromatic rings. The van der Waals surface area contributed by atoms with Crippen LogP contribution in [0.25, 0.3) is 0 Å². The molecule has 0 amide bonds. The molecule has 106 valence electrons. The van der Waals surface area contributed by atoms with Gasteiger partial charge in [-0.15, -0.1) is 0 Å². The summed E-state index contributed by atoms with van der Waals surface area (Å²) in [6, 6.07) is 17.9. The molecule has 0 aliphatic carbocycles. The fourth-order valence-electron chi connectivity index (χ4n) is 1.80. The molecule has 20 heavy (non-hydrogen) atoms. The van der Waals surface area contributed by atoms with Crippen LogP contribution in [0.5, 0.6) is 11.5 Å². The Morgan fingerprint density at radius 3 is 2.25 bits per heavy atom. The van der Waals surface area contributed by atoms with Crippen molar-refractivity contribution >= 4 is 8.07 Å². The third kappa shape index (κ3) is 5.19. The van der Waals surface area contributed by atoms with Gasteiger partial charge in [0.25, 0.3) is 0 Å². The molecule has 0 aliphatic heterocycles. The molecule has 0 unspecified atom stereocenters. The third-order valence-corrected chi connectivity index (χ3v) is 3.75. The fraction of sp³-hybridized carbons (Fsp3) is 0.294. The minimum atomic E-state index is -1.14. The summed E-state index contributed by atoms with van der Waals surface area (Å²) >= 11 is 0. The van der Waals surface area contributed by atoms with Crippen molar-refractivity contribution < 1.29 is 9.47 Å². The van der Waals surface area contributed by atoms with Gasteiger partial charge in [0.2, 0.25) is 0 Å². The maximum absolute atomic E-state index is 5.82. The van der Waals surface area contributed by atoms with E-state index in [-0.39, 0.29) is 0 Å². The van der Waals surface area contributed by atoms with Crippen LogP contribution in [0.2, 0.25) is 19.6 Å². The summed E-state index contributed by atoms with van der Waals surface area (Å²) in [6.45, 7) is 7.57. The first kappa shape index (κ1) is 14.8. The molecule has 0 saturated heterocycles. The summed E-state index contributed by atoms with van der Waals surface area (Å²) in [6.07, 6.45) is 0.886. The monoisotopic (exact) mass is 286 g/mol. The Hall–Kier alpha value is -1.58. The van der Waals surface area contributed by atoms with Crippen LogP contribution in [0.4, 0.5) is 0 Å². The molecule has 2 nitrogen and oxygen atoms in total. The van der Waals surface area contributed by atoms with Crippen molar-refractivity contribution in [2.75, 3.05) is 6.23 Å². The molecular weight excluding hydrogens is 264 g/mol. The van der Waals surface area contributed by atoms with E-state index in [1.54, 1.807) is 0 Å². The molecular formula is C17H22O2Si. The number of rotatable bonds is 6. The second kappa shape index (κ2) is 6.73. The summed E-state index contributed by atoms with van der Waals surface area (Å²) in [7, 11) is -1.14. The Morgan fingerprint density at radius 2 is 1.55 bits per heavy atom. The van der Waals surface area contributed by atoms with E-state index in [4.69, 9.17) is 9.47 Å². The highest BCUT2D eigenvalue weighted by Crippen LogP contribution is 2.22. The van der Waals surface area contributed by atoms with Gasteiger partial charge in [0.05, 0.1) is 14.7 Å². The van der Waals surface area contributed by atoms with Crippen LogP contribution in [-0.2, 0) is 11.3 Å². The van der Waals surface area contributed by atoms with Crippen molar-refractivity contribution in [3.05, 3.63) is 60.2 Å². The maximum atomic E-state index is 5.82. The largest absolute Gasteiger partial charge is 0.457 e. The van der Waals surface area contributed by atoms with Crippen LogP contribution in [0.1, 0.15) is 5.56 Å². The van der Waals surface area contributed by atoms with Crippen LogP contribution in [0, 0.1) is 0 Å². The zero-order chi connectivity index (χ0) is 14.4. The van der Waals surface area contributed by atoms with E-state index in [0.29, 0.717) is 6.61 Å². The van der Waals surface area contributed by atoms with E-state index >= 15 is 0 Å². The second-order valence-corrected chi connectivity index (χ2v) is 11.5. The third-order valence-electron chi connectivity index (χ3n) is 2.68. The first-order valence-electron chi connectivity index (χ1n) is 6.92. The van der Waals surface area contributed by atoms with Gasteiger partial charge in [0, 0.05) is 6.23 Å². The zero-order valence-corrected chi connectivity index (χ0v) is 13.4. The Bertz CT molecular complexity index is 532. The molecule has 0 atom stereocenters. The van der Waals surface area contributed by atoms with Crippen LogP contribution < -0.4 is 4.74 Å². The number of ether oxygens (including phenoxy) is 2. The molecule has 0 saturated carbocycles. The molecule has 3 heteroatoms. The highest BCUT2D eigenvalue weighted by atomic mass is 28.3. The standard InChI is InChI=1S/C17H22O2Si/c1-20(2,3)14-18-13-15-8-7-11-17(12-15)19-16-9-5-4-6-10-16/h4-12H,13-14H2,1-3H3. The maximum Gasteiger partial charge on any atom is 0.127 e. The van der Waals surface area contributed by atoms with Gasteiger partial charge in [-0.1, -0.05) is 50.0 Å². The molecule has 0 aromatic heterocycles. The Kier molecular flexibility index (Phi) is 4.98. The zero-order valence-electron chi connectivity index (χ0n) is 12.4. The summed E-state index contributed by atoms with van der Waals surface area (Å²) in [5, 5.41) is 0. The number of benzene rings is 2. The van der Waals surface area contributed by atoms with E-state index < -0.39 is 8.07 Å². The predicted octanol–water partition coefficient (Wildman–Crippen LogP) is 4.87. The lowest BCUT2D eigenvalue weighted by molar-refractivity contribution is 0.159. The van der Waals surface area contributed by atoms with Crippen molar-refractivity contribution in [2.24, 2.45) is 0 Å². The van der Waals surface area contributed by atoms with Gasteiger partial charge in [0.1, 0.15) is 11.5 Å². The van der Waals surface area contributed by atoms with Gasteiger partial charge < -0.3 is 9.47 Å². The first-order chi connectivity index (χ1) is 9.53. The van der Waals surface area contributed by atoms with Crippen molar-refractivity contribution in [1.29, 1.82) is 0 Å². The van der Waals surface area contributed by atoms with Crippen LogP contribution >= 0.6 is 0 Å². The summed E-state index contributed by atoms with van der Waals surface area (Å²) in [4.78, 5) is 0. The molecule has 0 radical (unpaired) electrons. The van der Waals surface area contributed by atoms with E-state index in [2.05, 4.69) is 25.7 Å². The van der Waals surface area contributed by atoms with E-state index in [1.807, 2.05) is 48.5 Å². The lowest BCUT2D eigenvalue weighted by Gasteiger charge is -2.16. The van der Waals surface area contributed by atoms with Gasteiger partial charge >= 0.3 is 0 Å². The van der Waals surface area contributed by atoms with E-state index in [9.17, 15) is 0 Å². The van der Waals surface area contributed by atoms with E-state index in [0.717, 1.165) is 23.3 Å². The first-order valence-corrected chi connectivity index (χ1v) is 10.6. The number of hydrogen-bond acceptors (Lipinski definition) is 2. The quantitative estimate of drug-likeness (QED) is 0.705. The Labute approximate surface area is 122 Å². The lowest BCUT2D eigenvalue weighted by atomic mass is 10.2. The molecule has 0 fully saturated rings. The Morgan fingerprint density at radius 1 is 0.850 bits per heavy atom. The summed E-state index contributed by atoms with van der Waals surface area (Å²) in [5.41, 5.74) is 1.15. The minimum Gasteiger partial charge on any atom is -0.457 e. The van der Waals surface area contributed by atoms with Crippen molar-refractivity contribution in [1.82, 2.24) is 0 Å². The molecule has 0 spiro atoms. The van der Waals surface area contributed by atoms with Crippen LogP contribution in [0.3, 0.4) is 0 Å². The van der Waals surface area contributed by atoms with Crippen molar-refractivity contribution in [3.8, 4) is 11.5 Å². The lowest BCUT2D eigenvalue weighted by Crippen LogP contribution is -2.27. The molecule has 0 N–H and O–H groups in total. The highest BCUT2D eigenvalue weighted by Gasteiger charge is 2.12.